The lowest BCUT2D eigenvalue weighted by atomic mass is 10.00. The van der Waals surface area contributed by atoms with Crippen molar-refractivity contribution in [1.29, 1.82) is 0 Å². The van der Waals surface area contributed by atoms with Gasteiger partial charge in [0.2, 0.25) is 5.91 Å². The van der Waals surface area contributed by atoms with E-state index in [1.165, 1.54) is 16.7 Å². The van der Waals surface area contributed by atoms with Gasteiger partial charge in [-0.1, -0.05) is 36.4 Å². The number of fused-ring (bicyclic) bond motifs is 1. The maximum Gasteiger partial charge on any atom is 0.232 e. The molecule has 23 heavy (non-hydrogen) atoms. The first-order valence-electron chi connectivity index (χ1n) is 7.81. The molecule has 0 saturated carbocycles. The summed E-state index contributed by atoms with van der Waals surface area (Å²) in [4.78, 5) is 14.4. The maximum atomic E-state index is 12.4. The molecule has 1 heterocycles. The second-order valence-electron chi connectivity index (χ2n) is 5.67. The first-order valence-corrected chi connectivity index (χ1v) is 8.97. The molecular formula is C19H21NO2S. The van der Waals surface area contributed by atoms with Crippen LogP contribution in [0.1, 0.15) is 16.7 Å². The summed E-state index contributed by atoms with van der Waals surface area (Å²) >= 11 is 1.67. The first kappa shape index (κ1) is 15.9. The van der Waals surface area contributed by atoms with Gasteiger partial charge in [0.05, 0.1) is 12.9 Å². The van der Waals surface area contributed by atoms with Crippen molar-refractivity contribution in [1.82, 2.24) is 4.90 Å². The van der Waals surface area contributed by atoms with E-state index in [1.54, 1.807) is 18.9 Å². The van der Waals surface area contributed by atoms with Crippen molar-refractivity contribution in [3.05, 3.63) is 65.2 Å². The Bertz CT molecular complexity index is 669. The largest absolute Gasteiger partial charge is 0.497 e. The van der Waals surface area contributed by atoms with Crippen LogP contribution >= 0.6 is 11.8 Å². The molecule has 0 bridgehead atoms. The number of carbonyl (C=O) groups excluding carboxylic acids is 1. The van der Waals surface area contributed by atoms with Crippen LogP contribution < -0.4 is 4.74 Å². The summed E-state index contributed by atoms with van der Waals surface area (Å²) in [6, 6.07) is 16.4. The lowest BCUT2D eigenvalue weighted by Crippen LogP contribution is -2.37. The number of rotatable bonds is 5. The Morgan fingerprint density at radius 2 is 1.87 bits per heavy atom. The van der Waals surface area contributed by atoms with Crippen molar-refractivity contribution in [2.24, 2.45) is 0 Å². The SMILES string of the molecule is COc1ccc(CSCC(=O)N2CCc3ccccc3C2)cc1. The number of carbonyl (C=O) groups is 1. The number of hydrogen-bond acceptors (Lipinski definition) is 3. The second kappa shape index (κ2) is 7.55. The number of hydrogen-bond donors (Lipinski definition) is 0. The summed E-state index contributed by atoms with van der Waals surface area (Å²) in [5, 5.41) is 0. The minimum absolute atomic E-state index is 0.234. The van der Waals surface area contributed by atoms with Gasteiger partial charge in [-0.3, -0.25) is 4.79 Å². The van der Waals surface area contributed by atoms with Crippen LogP contribution in [0.4, 0.5) is 0 Å². The third-order valence-corrected chi connectivity index (χ3v) is 5.13. The van der Waals surface area contributed by atoms with E-state index in [2.05, 4.69) is 18.2 Å². The highest BCUT2D eigenvalue weighted by Crippen LogP contribution is 2.21. The summed E-state index contributed by atoms with van der Waals surface area (Å²) in [6.45, 7) is 1.58. The van der Waals surface area contributed by atoms with Crippen molar-refractivity contribution in [2.75, 3.05) is 19.4 Å². The van der Waals surface area contributed by atoms with Crippen LogP contribution in [-0.2, 0) is 23.5 Å². The van der Waals surface area contributed by atoms with E-state index in [1.807, 2.05) is 35.2 Å². The fourth-order valence-corrected chi connectivity index (χ4v) is 3.67. The van der Waals surface area contributed by atoms with E-state index in [9.17, 15) is 4.79 Å². The summed E-state index contributed by atoms with van der Waals surface area (Å²) in [6.07, 6.45) is 0.963. The molecule has 0 atom stereocenters. The van der Waals surface area contributed by atoms with Gasteiger partial charge in [0.25, 0.3) is 0 Å². The van der Waals surface area contributed by atoms with E-state index >= 15 is 0 Å². The molecule has 0 fully saturated rings. The quantitative estimate of drug-likeness (QED) is 0.841. The standard InChI is InChI=1S/C19H21NO2S/c1-22-18-8-6-15(7-9-18)13-23-14-19(21)20-11-10-16-4-2-3-5-17(16)12-20/h2-9H,10-14H2,1H3. The minimum Gasteiger partial charge on any atom is -0.497 e. The normalized spacial score (nSPS) is 13.5. The Labute approximate surface area is 141 Å². The van der Waals surface area contributed by atoms with Crippen LogP contribution in [-0.4, -0.2) is 30.2 Å². The molecule has 0 aliphatic carbocycles. The number of nitrogens with zero attached hydrogens (tertiary/aromatic N) is 1. The molecule has 0 radical (unpaired) electrons. The van der Waals surface area contributed by atoms with Gasteiger partial charge in [0, 0.05) is 18.8 Å². The fourth-order valence-electron chi connectivity index (χ4n) is 2.78. The fraction of sp³-hybridized carbons (Fsp3) is 0.316. The second-order valence-corrected chi connectivity index (χ2v) is 6.66. The topological polar surface area (TPSA) is 29.5 Å². The van der Waals surface area contributed by atoms with Gasteiger partial charge in [0.15, 0.2) is 0 Å². The van der Waals surface area contributed by atoms with Gasteiger partial charge in [0.1, 0.15) is 5.75 Å². The highest BCUT2D eigenvalue weighted by atomic mass is 32.2. The Morgan fingerprint density at radius 1 is 1.13 bits per heavy atom. The summed E-state index contributed by atoms with van der Waals surface area (Å²) in [7, 11) is 1.67. The van der Waals surface area contributed by atoms with Crippen molar-refractivity contribution >= 4 is 17.7 Å². The number of benzene rings is 2. The van der Waals surface area contributed by atoms with Crippen LogP contribution in [0.2, 0.25) is 0 Å². The van der Waals surface area contributed by atoms with Crippen molar-refractivity contribution < 1.29 is 9.53 Å². The zero-order chi connectivity index (χ0) is 16.1. The third kappa shape index (κ3) is 4.08. The van der Waals surface area contributed by atoms with E-state index in [4.69, 9.17) is 4.74 Å². The molecule has 2 aromatic carbocycles. The smallest absolute Gasteiger partial charge is 0.232 e. The third-order valence-electron chi connectivity index (χ3n) is 4.14. The maximum absolute atomic E-state index is 12.4. The van der Waals surface area contributed by atoms with Gasteiger partial charge >= 0.3 is 0 Å². The van der Waals surface area contributed by atoms with E-state index in [-0.39, 0.29) is 5.91 Å². The number of thioether (sulfide) groups is 1. The Balaban J connectivity index is 1.48. The Morgan fingerprint density at radius 3 is 2.61 bits per heavy atom. The molecule has 0 unspecified atom stereocenters. The van der Waals surface area contributed by atoms with Gasteiger partial charge in [-0.05, 0) is 35.2 Å². The van der Waals surface area contributed by atoms with Gasteiger partial charge in [-0.25, -0.2) is 0 Å². The average molecular weight is 327 g/mol. The monoisotopic (exact) mass is 327 g/mol. The average Bonchev–Trinajstić information content (AvgIpc) is 2.61. The number of ether oxygens (including phenoxy) is 1. The predicted molar refractivity (Wildman–Crippen MR) is 94.7 cm³/mol. The first-order chi connectivity index (χ1) is 11.3. The highest BCUT2D eigenvalue weighted by Gasteiger charge is 2.19. The molecule has 3 nitrogen and oxygen atoms in total. The van der Waals surface area contributed by atoms with Gasteiger partial charge in [-0.2, -0.15) is 0 Å². The van der Waals surface area contributed by atoms with Crippen LogP contribution in [0.15, 0.2) is 48.5 Å². The van der Waals surface area contributed by atoms with Crippen LogP contribution in [0, 0.1) is 0 Å². The molecular weight excluding hydrogens is 306 g/mol. The minimum atomic E-state index is 0.234. The zero-order valence-corrected chi connectivity index (χ0v) is 14.1. The molecule has 0 spiro atoms. The predicted octanol–water partition coefficient (Wildman–Crippen LogP) is 3.51. The summed E-state index contributed by atoms with van der Waals surface area (Å²) < 4.78 is 5.15. The van der Waals surface area contributed by atoms with Gasteiger partial charge in [-0.15, -0.1) is 11.8 Å². The van der Waals surface area contributed by atoms with Crippen LogP contribution in [0.5, 0.6) is 5.75 Å². The highest BCUT2D eigenvalue weighted by molar-refractivity contribution is 7.99. The molecule has 1 aliphatic heterocycles. The van der Waals surface area contributed by atoms with E-state index < -0.39 is 0 Å². The summed E-state index contributed by atoms with van der Waals surface area (Å²) in [5.41, 5.74) is 3.88. The lowest BCUT2D eigenvalue weighted by Gasteiger charge is -2.28. The molecule has 0 aromatic heterocycles. The molecule has 4 heteroatoms. The lowest BCUT2D eigenvalue weighted by molar-refractivity contribution is -0.129. The van der Waals surface area contributed by atoms with Gasteiger partial charge < -0.3 is 9.64 Å². The summed E-state index contributed by atoms with van der Waals surface area (Å²) in [5.74, 6) is 2.48. The van der Waals surface area contributed by atoms with Crippen LogP contribution in [0.25, 0.3) is 0 Å². The van der Waals surface area contributed by atoms with Crippen molar-refractivity contribution in [2.45, 2.75) is 18.7 Å². The van der Waals surface area contributed by atoms with E-state index in [0.29, 0.717) is 5.75 Å². The van der Waals surface area contributed by atoms with Crippen LogP contribution in [0.3, 0.4) is 0 Å². The number of amides is 1. The number of methoxy groups -OCH3 is 1. The molecule has 0 saturated heterocycles. The molecule has 1 aliphatic rings. The molecule has 3 rings (SSSR count). The Kier molecular flexibility index (Phi) is 5.23. The molecule has 2 aromatic rings. The van der Waals surface area contributed by atoms with Crippen molar-refractivity contribution in [3.8, 4) is 5.75 Å². The molecule has 0 N–H and O–H groups in total. The Hall–Kier alpha value is -1.94. The van der Waals surface area contributed by atoms with E-state index in [0.717, 1.165) is 31.0 Å². The molecule has 1 amide bonds. The molecule has 120 valence electrons. The van der Waals surface area contributed by atoms with Crippen molar-refractivity contribution in [3.63, 3.8) is 0 Å². The zero-order valence-electron chi connectivity index (χ0n) is 13.3.